The molecular formula is C12H16N4O2. The molecule has 2 N–H and O–H groups in total. The van der Waals surface area contributed by atoms with Crippen molar-refractivity contribution in [1.82, 2.24) is 15.2 Å². The number of aromatic nitrogens is 2. The van der Waals surface area contributed by atoms with Crippen molar-refractivity contribution in [3.05, 3.63) is 12.1 Å². The maximum Gasteiger partial charge on any atom is 0.179 e. The maximum absolute atomic E-state index is 5.77. The van der Waals surface area contributed by atoms with Crippen LogP contribution in [0.2, 0.25) is 0 Å². The smallest absolute Gasteiger partial charge is 0.179 e. The van der Waals surface area contributed by atoms with E-state index in [4.69, 9.17) is 15.1 Å². The van der Waals surface area contributed by atoms with Crippen LogP contribution in [0.25, 0.3) is 11.0 Å². The Balaban J connectivity index is 1.67. The summed E-state index contributed by atoms with van der Waals surface area (Å²) < 4.78 is 10.4. The average Bonchev–Trinajstić information content (AvgIpc) is 3.09. The Labute approximate surface area is 105 Å². The monoisotopic (exact) mass is 248 g/mol. The van der Waals surface area contributed by atoms with E-state index in [0.29, 0.717) is 29.1 Å². The Kier molecular flexibility index (Phi) is 2.79. The summed E-state index contributed by atoms with van der Waals surface area (Å²) >= 11 is 0. The number of nitrogens with two attached hydrogens (primary N) is 1. The third kappa shape index (κ3) is 2.11. The molecule has 0 bridgehead atoms. The van der Waals surface area contributed by atoms with Crippen LogP contribution in [0.4, 0.5) is 5.69 Å². The van der Waals surface area contributed by atoms with E-state index in [-0.39, 0.29) is 0 Å². The molecule has 1 saturated carbocycles. The van der Waals surface area contributed by atoms with Gasteiger partial charge in [-0.25, -0.2) is 4.63 Å². The second kappa shape index (κ2) is 4.45. The second-order valence-electron chi connectivity index (χ2n) is 4.67. The van der Waals surface area contributed by atoms with E-state index in [9.17, 15) is 0 Å². The molecule has 1 aromatic heterocycles. The Bertz CT molecular complexity index is 550. The fraction of sp³-hybridized carbons (Fsp3) is 0.500. The van der Waals surface area contributed by atoms with Crippen molar-refractivity contribution in [1.29, 1.82) is 0 Å². The molecule has 0 atom stereocenters. The van der Waals surface area contributed by atoms with Crippen molar-refractivity contribution in [2.75, 3.05) is 25.9 Å². The van der Waals surface area contributed by atoms with E-state index in [1.807, 2.05) is 0 Å². The van der Waals surface area contributed by atoms with Crippen molar-refractivity contribution in [2.24, 2.45) is 0 Å². The van der Waals surface area contributed by atoms with Crippen LogP contribution < -0.4 is 10.5 Å². The van der Waals surface area contributed by atoms with E-state index in [1.54, 1.807) is 12.1 Å². The van der Waals surface area contributed by atoms with Crippen LogP contribution in [0.15, 0.2) is 16.8 Å². The Hall–Kier alpha value is -1.82. The van der Waals surface area contributed by atoms with E-state index >= 15 is 0 Å². The SMILES string of the molecule is CN(CCOc1ccc(N)c2nonc12)C1CC1. The summed E-state index contributed by atoms with van der Waals surface area (Å²) in [5, 5.41) is 7.58. The van der Waals surface area contributed by atoms with Gasteiger partial charge in [0.25, 0.3) is 0 Å². The van der Waals surface area contributed by atoms with Gasteiger partial charge >= 0.3 is 0 Å². The van der Waals surface area contributed by atoms with Gasteiger partial charge in [0, 0.05) is 12.6 Å². The molecule has 3 rings (SSSR count). The zero-order chi connectivity index (χ0) is 12.5. The van der Waals surface area contributed by atoms with Crippen molar-refractivity contribution >= 4 is 16.7 Å². The molecule has 96 valence electrons. The fourth-order valence-corrected chi connectivity index (χ4v) is 1.98. The van der Waals surface area contributed by atoms with Gasteiger partial charge in [0.15, 0.2) is 16.8 Å². The zero-order valence-corrected chi connectivity index (χ0v) is 10.3. The Morgan fingerprint density at radius 2 is 2.17 bits per heavy atom. The summed E-state index contributed by atoms with van der Waals surface area (Å²) in [6, 6.07) is 4.31. The molecule has 0 unspecified atom stereocenters. The van der Waals surface area contributed by atoms with Crippen molar-refractivity contribution in [2.45, 2.75) is 18.9 Å². The van der Waals surface area contributed by atoms with Crippen LogP contribution >= 0.6 is 0 Å². The first-order valence-corrected chi connectivity index (χ1v) is 6.09. The van der Waals surface area contributed by atoms with E-state index in [1.165, 1.54) is 12.8 Å². The quantitative estimate of drug-likeness (QED) is 0.803. The average molecular weight is 248 g/mol. The van der Waals surface area contributed by atoms with Crippen molar-refractivity contribution in [3.8, 4) is 5.75 Å². The number of ether oxygens (including phenoxy) is 1. The summed E-state index contributed by atoms with van der Waals surface area (Å²) in [6.07, 6.45) is 2.60. The third-order valence-electron chi connectivity index (χ3n) is 3.28. The minimum absolute atomic E-state index is 0.550. The molecular weight excluding hydrogens is 232 g/mol. The Morgan fingerprint density at radius 3 is 2.94 bits per heavy atom. The highest BCUT2D eigenvalue weighted by Crippen LogP contribution is 2.27. The topological polar surface area (TPSA) is 77.4 Å². The summed E-state index contributed by atoms with van der Waals surface area (Å²) in [4.78, 5) is 2.32. The van der Waals surface area contributed by atoms with Gasteiger partial charge in [-0.3, -0.25) is 0 Å². The zero-order valence-electron chi connectivity index (χ0n) is 10.3. The highest BCUT2D eigenvalue weighted by atomic mass is 16.6. The van der Waals surface area contributed by atoms with E-state index in [0.717, 1.165) is 12.6 Å². The molecule has 0 aliphatic heterocycles. The molecule has 1 aromatic carbocycles. The molecule has 18 heavy (non-hydrogen) atoms. The number of fused-ring (bicyclic) bond motifs is 1. The number of hydrogen-bond donors (Lipinski definition) is 1. The summed E-state index contributed by atoms with van der Waals surface area (Å²) in [6.45, 7) is 1.53. The van der Waals surface area contributed by atoms with Gasteiger partial charge in [-0.1, -0.05) is 0 Å². The lowest BCUT2D eigenvalue weighted by Crippen LogP contribution is -2.26. The fourth-order valence-electron chi connectivity index (χ4n) is 1.98. The number of nitrogen functional groups attached to an aromatic ring is 1. The molecule has 0 spiro atoms. The number of rotatable bonds is 5. The van der Waals surface area contributed by atoms with E-state index in [2.05, 4.69) is 22.3 Å². The molecule has 1 fully saturated rings. The maximum atomic E-state index is 5.77. The first kappa shape index (κ1) is 11.3. The first-order chi connectivity index (χ1) is 8.75. The van der Waals surface area contributed by atoms with Crippen molar-refractivity contribution in [3.63, 3.8) is 0 Å². The van der Waals surface area contributed by atoms with Gasteiger partial charge < -0.3 is 15.4 Å². The number of anilines is 1. The molecule has 6 heteroatoms. The van der Waals surface area contributed by atoms with Crippen molar-refractivity contribution < 1.29 is 9.37 Å². The molecule has 6 nitrogen and oxygen atoms in total. The third-order valence-corrected chi connectivity index (χ3v) is 3.28. The lowest BCUT2D eigenvalue weighted by Gasteiger charge is -2.15. The van der Waals surface area contributed by atoms with Crippen LogP contribution in [-0.4, -0.2) is 41.5 Å². The van der Waals surface area contributed by atoms with E-state index < -0.39 is 0 Å². The highest BCUT2D eigenvalue weighted by molar-refractivity contribution is 5.90. The first-order valence-electron chi connectivity index (χ1n) is 6.09. The predicted molar refractivity (Wildman–Crippen MR) is 67.4 cm³/mol. The standard InChI is InChI=1S/C12H16N4O2/c1-16(8-2-3-8)6-7-17-10-5-4-9(13)11-12(10)15-18-14-11/h4-5,8H,2-3,6-7,13H2,1H3. The van der Waals surface area contributed by atoms with Crippen LogP contribution in [0.3, 0.4) is 0 Å². The number of hydrogen-bond acceptors (Lipinski definition) is 6. The second-order valence-corrected chi connectivity index (χ2v) is 4.67. The minimum Gasteiger partial charge on any atom is -0.490 e. The van der Waals surface area contributed by atoms with Gasteiger partial charge in [-0.05, 0) is 42.3 Å². The largest absolute Gasteiger partial charge is 0.490 e. The lowest BCUT2D eigenvalue weighted by atomic mass is 10.2. The van der Waals surface area contributed by atoms with Gasteiger partial charge in [0.1, 0.15) is 6.61 Å². The molecule has 2 aromatic rings. The minimum atomic E-state index is 0.550. The van der Waals surface area contributed by atoms with Gasteiger partial charge in [0.2, 0.25) is 0 Å². The molecule has 1 heterocycles. The molecule has 1 aliphatic carbocycles. The number of nitrogens with zero attached hydrogens (tertiary/aromatic N) is 3. The van der Waals surface area contributed by atoms with Gasteiger partial charge in [-0.2, -0.15) is 0 Å². The summed E-state index contributed by atoms with van der Waals surface area (Å²) in [7, 11) is 2.12. The predicted octanol–water partition coefficient (Wildman–Crippen LogP) is 1.28. The molecule has 1 aliphatic rings. The normalized spacial score (nSPS) is 15.4. The summed E-state index contributed by atoms with van der Waals surface area (Å²) in [5.41, 5.74) is 7.46. The molecule has 0 radical (unpaired) electrons. The Morgan fingerprint density at radius 1 is 1.39 bits per heavy atom. The lowest BCUT2D eigenvalue weighted by molar-refractivity contribution is 0.232. The number of likely N-dealkylation sites (N-methyl/N-ethyl adjacent to an activating group) is 1. The van der Waals surface area contributed by atoms with Crippen LogP contribution in [-0.2, 0) is 0 Å². The van der Waals surface area contributed by atoms with Crippen LogP contribution in [0.5, 0.6) is 5.75 Å². The van der Waals surface area contributed by atoms with Gasteiger partial charge in [0.05, 0.1) is 5.69 Å². The van der Waals surface area contributed by atoms with Gasteiger partial charge in [-0.15, -0.1) is 0 Å². The number of benzene rings is 1. The van der Waals surface area contributed by atoms with Crippen LogP contribution in [0, 0.1) is 0 Å². The molecule has 0 amide bonds. The summed E-state index contributed by atoms with van der Waals surface area (Å²) in [5.74, 6) is 0.671. The van der Waals surface area contributed by atoms with Crippen LogP contribution in [0.1, 0.15) is 12.8 Å². The highest BCUT2D eigenvalue weighted by Gasteiger charge is 2.25. The molecule has 0 saturated heterocycles.